The van der Waals surface area contributed by atoms with Crippen LogP contribution in [0.25, 0.3) is 34.2 Å². The Morgan fingerprint density at radius 3 is 2.14 bits per heavy atom. The van der Waals surface area contributed by atoms with Crippen molar-refractivity contribution < 1.29 is 14.0 Å². The van der Waals surface area contributed by atoms with E-state index in [4.69, 9.17) is 4.42 Å². The summed E-state index contributed by atoms with van der Waals surface area (Å²) in [5.41, 5.74) is 9.81. The lowest BCUT2D eigenvalue weighted by Crippen LogP contribution is -2.05. The molecule has 2 aromatic heterocycles. The average molecular weight is 472 g/mol. The summed E-state index contributed by atoms with van der Waals surface area (Å²) in [7, 11) is 0. The summed E-state index contributed by atoms with van der Waals surface area (Å²) < 4.78 is 8.38. The van der Waals surface area contributed by atoms with E-state index >= 15 is 0 Å². The van der Waals surface area contributed by atoms with E-state index in [2.05, 4.69) is 37.5 Å². The molecule has 4 heteroatoms. The molecule has 0 saturated heterocycles. The molecular weight excluding hydrogens is 446 g/mol. The van der Waals surface area contributed by atoms with Crippen molar-refractivity contribution in [3.63, 3.8) is 0 Å². The number of allylic oxidation sites excluding steroid dienone is 1. The molecule has 0 aliphatic heterocycles. The maximum absolute atomic E-state index is 13.3. The highest BCUT2D eigenvalue weighted by molar-refractivity contribution is 6.41. The van der Waals surface area contributed by atoms with Crippen LogP contribution in [0.15, 0.2) is 82.8 Å². The van der Waals surface area contributed by atoms with Crippen molar-refractivity contribution in [3.8, 4) is 17.0 Å². The number of hydrogen-bond donors (Lipinski definition) is 0. The summed E-state index contributed by atoms with van der Waals surface area (Å²) >= 11 is 0. The van der Waals surface area contributed by atoms with Gasteiger partial charge in [0.15, 0.2) is 17.1 Å². The molecule has 0 radical (unpaired) electrons. The fourth-order valence-electron chi connectivity index (χ4n) is 5.35. The molecule has 0 N–H and O–H groups in total. The number of hydrogen-bond acceptors (Lipinski definition) is 3. The smallest absolute Gasteiger partial charge is 0.197 e. The second-order valence-corrected chi connectivity index (χ2v) is 9.64. The van der Waals surface area contributed by atoms with Crippen LogP contribution in [-0.4, -0.2) is 16.1 Å². The van der Waals surface area contributed by atoms with E-state index < -0.39 is 0 Å². The minimum absolute atomic E-state index is 0.183. The van der Waals surface area contributed by atoms with Crippen LogP contribution in [0, 0.1) is 27.7 Å². The number of nitrogens with zero attached hydrogens (tertiary/aromatic N) is 1. The largest absolute Gasteiger partial charge is 0.454 e. The van der Waals surface area contributed by atoms with Gasteiger partial charge in [0.1, 0.15) is 5.76 Å². The van der Waals surface area contributed by atoms with Gasteiger partial charge in [0.25, 0.3) is 0 Å². The highest BCUT2D eigenvalue weighted by Gasteiger charge is 2.33. The number of rotatable bonds is 3. The predicted octanol–water partition coefficient (Wildman–Crippen LogP) is 7.59. The van der Waals surface area contributed by atoms with Gasteiger partial charge in [-0.1, -0.05) is 65.7 Å². The van der Waals surface area contributed by atoms with Crippen LogP contribution in [0.2, 0.25) is 0 Å². The van der Waals surface area contributed by atoms with E-state index in [9.17, 15) is 9.59 Å². The summed E-state index contributed by atoms with van der Waals surface area (Å²) in [6, 6.07) is 23.6. The van der Waals surface area contributed by atoms with Crippen LogP contribution in [0.3, 0.4) is 0 Å². The number of fused-ring (bicyclic) bond motifs is 2. The maximum atomic E-state index is 13.3. The molecule has 0 fully saturated rings. The molecule has 0 spiro atoms. The second-order valence-electron chi connectivity index (χ2n) is 9.64. The van der Waals surface area contributed by atoms with Crippen LogP contribution in [0.4, 0.5) is 0 Å². The van der Waals surface area contributed by atoms with Gasteiger partial charge in [-0.2, -0.15) is 0 Å². The molecule has 1 aliphatic rings. The van der Waals surface area contributed by atoms with Gasteiger partial charge in [0, 0.05) is 28.8 Å². The Morgan fingerprint density at radius 2 is 1.42 bits per heavy atom. The molecule has 3 aromatic carbocycles. The van der Waals surface area contributed by atoms with E-state index in [1.54, 1.807) is 18.2 Å². The third-order valence-corrected chi connectivity index (χ3v) is 6.88. The number of aryl methyl sites for hydroxylation is 4. The van der Waals surface area contributed by atoms with E-state index in [-0.39, 0.29) is 17.1 Å². The number of carbonyl (C=O) groups is 2. The fraction of sp³-hybridized carbons (Fsp3) is 0.125. The quantitative estimate of drug-likeness (QED) is 0.201. The Hall–Kier alpha value is -4.44. The molecule has 176 valence electrons. The van der Waals surface area contributed by atoms with Crippen LogP contribution in [0.5, 0.6) is 0 Å². The first-order chi connectivity index (χ1) is 17.3. The Morgan fingerprint density at radius 1 is 0.722 bits per heavy atom. The topological polar surface area (TPSA) is 52.2 Å². The van der Waals surface area contributed by atoms with Gasteiger partial charge in [-0.05, 0) is 51.0 Å². The Balaban J connectivity index is 1.59. The van der Waals surface area contributed by atoms with E-state index in [1.807, 2.05) is 55.5 Å². The van der Waals surface area contributed by atoms with Crippen molar-refractivity contribution in [2.24, 2.45) is 0 Å². The number of Topliss-reactive ketones (excluding diaryl/α,β-unsaturated/α-hetero) is 2. The Bertz CT molecular complexity index is 1720. The van der Waals surface area contributed by atoms with Crippen LogP contribution >= 0.6 is 0 Å². The molecule has 4 nitrogen and oxygen atoms in total. The molecule has 0 bridgehead atoms. The maximum Gasteiger partial charge on any atom is 0.197 e. The molecule has 0 amide bonds. The normalized spacial score (nSPS) is 14.3. The zero-order chi connectivity index (χ0) is 25.1. The van der Waals surface area contributed by atoms with Crippen molar-refractivity contribution in [1.82, 2.24) is 4.57 Å². The van der Waals surface area contributed by atoms with E-state index in [0.29, 0.717) is 16.7 Å². The van der Waals surface area contributed by atoms with Crippen molar-refractivity contribution >= 4 is 28.7 Å². The van der Waals surface area contributed by atoms with Gasteiger partial charge < -0.3 is 8.98 Å². The number of benzene rings is 3. The lowest BCUT2D eigenvalue weighted by atomic mass is 10.0. The summed E-state index contributed by atoms with van der Waals surface area (Å²) in [6.45, 7) is 8.17. The van der Waals surface area contributed by atoms with Gasteiger partial charge in [-0.25, -0.2) is 0 Å². The first kappa shape index (κ1) is 22.1. The minimum atomic E-state index is -0.235. The van der Waals surface area contributed by atoms with Crippen LogP contribution < -0.4 is 0 Å². The van der Waals surface area contributed by atoms with Crippen LogP contribution in [0.1, 0.15) is 48.7 Å². The molecule has 5 aromatic rings. The van der Waals surface area contributed by atoms with Gasteiger partial charge in [0.05, 0.1) is 22.5 Å². The number of aromatic nitrogens is 1. The molecule has 0 saturated carbocycles. The molecule has 1 aliphatic carbocycles. The first-order valence-electron chi connectivity index (χ1n) is 12.0. The van der Waals surface area contributed by atoms with E-state index in [0.717, 1.165) is 44.9 Å². The Kier molecular flexibility index (Phi) is 4.94. The van der Waals surface area contributed by atoms with Crippen molar-refractivity contribution in [2.75, 3.05) is 0 Å². The Labute approximate surface area is 209 Å². The molecule has 2 heterocycles. The first-order valence-corrected chi connectivity index (χ1v) is 12.0. The highest BCUT2D eigenvalue weighted by Crippen LogP contribution is 2.36. The van der Waals surface area contributed by atoms with Gasteiger partial charge >= 0.3 is 0 Å². The highest BCUT2D eigenvalue weighted by atomic mass is 16.3. The monoisotopic (exact) mass is 471 g/mol. The summed E-state index contributed by atoms with van der Waals surface area (Å²) in [6.07, 6.45) is 1.72. The standard InChI is InChI=1S/C32H25NO3/c1-18-10-11-24-25(14-18)32(35)26(31(24)34)15-23-16-29-27(17-28(36-29)22-8-6-5-7-9-22)33(23)30-20(3)12-19(2)13-21(30)4/h5-17H,1-4H3/b26-15-. The number of ketones is 2. The number of carbonyl (C=O) groups excluding carboxylic acids is 2. The minimum Gasteiger partial charge on any atom is -0.454 e. The van der Waals surface area contributed by atoms with E-state index in [1.165, 1.54) is 5.56 Å². The molecule has 6 rings (SSSR count). The average Bonchev–Trinajstić information content (AvgIpc) is 3.46. The second kappa shape index (κ2) is 8.06. The molecule has 0 atom stereocenters. The molecule has 36 heavy (non-hydrogen) atoms. The predicted molar refractivity (Wildman–Crippen MR) is 143 cm³/mol. The lowest BCUT2D eigenvalue weighted by Gasteiger charge is -2.16. The zero-order valence-corrected chi connectivity index (χ0v) is 20.7. The summed E-state index contributed by atoms with van der Waals surface area (Å²) in [5.74, 6) is 0.305. The van der Waals surface area contributed by atoms with Crippen LogP contribution in [-0.2, 0) is 0 Å². The number of furan rings is 1. The van der Waals surface area contributed by atoms with Crippen molar-refractivity contribution in [1.29, 1.82) is 0 Å². The lowest BCUT2D eigenvalue weighted by molar-refractivity contribution is 0.0990. The zero-order valence-electron chi connectivity index (χ0n) is 20.7. The van der Waals surface area contributed by atoms with Crippen molar-refractivity contribution in [2.45, 2.75) is 27.7 Å². The molecule has 0 unspecified atom stereocenters. The summed E-state index contributed by atoms with van der Waals surface area (Å²) in [4.78, 5) is 26.5. The molecular formula is C32H25NO3. The van der Waals surface area contributed by atoms with Gasteiger partial charge in [-0.15, -0.1) is 0 Å². The third-order valence-electron chi connectivity index (χ3n) is 6.88. The summed E-state index contributed by atoms with van der Waals surface area (Å²) in [5, 5.41) is 0. The van der Waals surface area contributed by atoms with Gasteiger partial charge in [-0.3, -0.25) is 9.59 Å². The third kappa shape index (κ3) is 3.37. The fourth-order valence-corrected chi connectivity index (χ4v) is 5.35. The van der Waals surface area contributed by atoms with Gasteiger partial charge in [0.2, 0.25) is 0 Å². The SMILES string of the molecule is Cc1cc(C)c(-n2c(/C=C3/C(=O)c4ccc(C)cc4C3=O)cc3oc(-c4ccccc4)cc32)c(C)c1. The van der Waals surface area contributed by atoms with Crippen molar-refractivity contribution in [3.05, 3.63) is 117 Å².